The second kappa shape index (κ2) is 5.22. The van der Waals surface area contributed by atoms with E-state index in [1.165, 1.54) is 11.8 Å². The summed E-state index contributed by atoms with van der Waals surface area (Å²) in [4.78, 5) is 36.5. The minimum Gasteiger partial charge on any atom is -0.326 e. The van der Waals surface area contributed by atoms with Crippen molar-refractivity contribution < 1.29 is 14.4 Å². The summed E-state index contributed by atoms with van der Waals surface area (Å²) in [6.07, 6.45) is 1.72. The molecule has 0 fully saturated rings. The fraction of sp³-hybridized carbons (Fsp3) is 0.357. The molecule has 1 heterocycles. The van der Waals surface area contributed by atoms with Gasteiger partial charge in [0, 0.05) is 19.2 Å². The number of hydrogen-bond donors (Lipinski definition) is 1. The lowest BCUT2D eigenvalue weighted by Crippen LogP contribution is -2.30. The Balaban J connectivity index is 2.28. The van der Waals surface area contributed by atoms with E-state index < -0.39 is 0 Å². The minimum atomic E-state index is -0.277. The van der Waals surface area contributed by atoms with E-state index in [-0.39, 0.29) is 17.7 Å². The molecule has 1 aliphatic rings. The largest absolute Gasteiger partial charge is 0.326 e. The molecule has 1 aliphatic heterocycles. The average molecular weight is 260 g/mol. The van der Waals surface area contributed by atoms with Crippen molar-refractivity contribution in [1.82, 2.24) is 4.90 Å². The number of imide groups is 1. The molecular weight excluding hydrogens is 244 g/mol. The highest BCUT2D eigenvalue weighted by atomic mass is 16.2. The second-order valence-corrected chi connectivity index (χ2v) is 4.56. The average Bonchev–Trinajstić information content (AvgIpc) is 2.59. The van der Waals surface area contributed by atoms with Crippen molar-refractivity contribution >= 4 is 23.4 Å². The van der Waals surface area contributed by atoms with Crippen LogP contribution < -0.4 is 5.32 Å². The summed E-state index contributed by atoms with van der Waals surface area (Å²) < 4.78 is 0. The lowest BCUT2D eigenvalue weighted by molar-refractivity contribution is -0.114. The van der Waals surface area contributed by atoms with E-state index in [0.29, 0.717) is 23.4 Å². The van der Waals surface area contributed by atoms with Crippen LogP contribution in [0.3, 0.4) is 0 Å². The van der Waals surface area contributed by atoms with Crippen molar-refractivity contribution in [3.63, 3.8) is 0 Å². The Morgan fingerprint density at radius 3 is 2.53 bits per heavy atom. The molecule has 1 N–H and O–H groups in total. The Bertz CT molecular complexity index is 552. The summed E-state index contributed by atoms with van der Waals surface area (Å²) in [6, 6.07) is 4.78. The summed E-state index contributed by atoms with van der Waals surface area (Å²) in [5, 5.41) is 2.61. The van der Waals surface area contributed by atoms with E-state index in [1.54, 1.807) is 18.2 Å². The van der Waals surface area contributed by atoms with E-state index in [1.807, 2.05) is 6.92 Å². The number of fused-ring (bicyclic) bond motifs is 1. The van der Waals surface area contributed by atoms with Gasteiger partial charge < -0.3 is 5.32 Å². The fourth-order valence-electron chi connectivity index (χ4n) is 2.09. The first kappa shape index (κ1) is 13.3. The Kier molecular flexibility index (Phi) is 3.64. The molecule has 5 heteroatoms. The quantitative estimate of drug-likeness (QED) is 0.842. The molecule has 0 bridgehead atoms. The van der Waals surface area contributed by atoms with Crippen molar-refractivity contribution in [2.24, 2.45) is 0 Å². The van der Waals surface area contributed by atoms with E-state index in [4.69, 9.17) is 0 Å². The predicted molar refractivity (Wildman–Crippen MR) is 71.0 cm³/mol. The Hall–Kier alpha value is -2.17. The molecule has 100 valence electrons. The third-order valence-electron chi connectivity index (χ3n) is 3.03. The topological polar surface area (TPSA) is 66.5 Å². The molecule has 0 aliphatic carbocycles. The highest BCUT2D eigenvalue weighted by molar-refractivity contribution is 6.21. The zero-order valence-electron chi connectivity index (χ0n) is 11.0. The van der Waals surface area contributed by atoms with Crippen LogP contribution in [-0.2, 0) is 4.79 Å². The number of unbranched alkanes of at least 4 members (excludes halogenated alkanes) is 1. The number of hydrogen-bond acceptors (Lipinski definition) is 3. The van der Waals surface area contributed by atoms with E-state index in [9.17, 15) is 14.4 Å². The molecule has 0 saturated heterocycles. The molecule has 5 nitrogen and oxygen atoms in total. The number of nitrogens with zero attached hydrogens (tertiary/aromatic N) is 1. The molecule has 2 rings (SSSR count). The maximum atomic E-state index is 12.1. The third-order valence-corrected chi connectivity index (χ3v) is 3.03. The lowest BCUT2D eigenvalue weighted by Gasteiger charge is -2.12. The van der Waals surface area contributed by atoms with Crippen LogP contribution in [0.15, 0.2) is 18.2 Å². The number of amides is 3. The first-order valence-electron chi connectivity index (χ1n) is 6.32. The standard InChI is InChI=1S/C14H16N2O3/c1-3-4-7-16-13(18)11-6-5-10(15-9(2)17)8-12(11)14(16)19/h5-6,8H,3-4,7H2,1-2H3,(H,15,17). The van der Waals surface area contributed by atoms with Gasteiger partial charge in [-0.2, -0.15) is 0 Å². The van der Waals surface area contributed by atoms with Crippen LogP contribution in [0.25, 0.3) is 0 Å². The summed E-state index contributed by atoms with van der Waals surface area (Å²) >= 11 is 0. The normalized spacial score (nSPS) is 13.7. The number of anilines is 1. The number of rotatable bonds is 4. The van der Waals surface area contributed by atoms with Gasteiger partial charge in [0.05, 0.1) is 11.1 Å². The minimum absolute atomic E-state index is 0.209. The number of nitrogens with one attached hydrogen (secondary N) is 1. The number of carbonyl (C=O) groups excluding carboxylic acids is 3. The third kappa shape index (κ3) is 2.50. The monoisotopic (exact) mass is 260 g/mol. The van der Waals surface area contributed by atoms with Crippen LogP contribution in [0.4, 0.5) is 5.69 Å². The predicted octanol–water partition coefficient (Wildman–Crippen LogP) is 2.04. The van der Waals surface area contributed by atoms with Gasteiger partial charge in [-0.1, -0.05) is 13.3 Å². The van der Waals surface area contributed by atoms with E-state index in [2.05, 4.69) is 5.32 Å². The van der Waals surface area contributed by atoms with Gasteiger partial charge in [-0.15, -0.1) is 0 Å². The highest BCUT2D eigenvalue weighted by Gasteiger charge is 2.35. The molecule has 1 aromatic carbocycles. The first-order chi connectivity index (χ1) is 9.04. The fourth-order valence-corrected chi connectivity index (χ4v) is 2.09. The van der Waals surface area contributed by atoms with Gasteiger partial charge in [-0.25, -0.2) is 0 Å². The smallest absolute Gasteiger partial charge is 0.261 e. The van der Waals surface area contributed by atoms with Crippen molar-refractivity contribution in [3.05, 3.63) is 29.3 Å². The van der Waals surface area contributed by atoms with Crippen LogP contribution >= 0.6 is 0 Å². The van der Waals surface area contributed by atoms with Crippen LogP contribution in [0.1, 0.15) is 47.4 Å². The Labute approximate surface area is 111 Å². The zero-order valence-corrected chi connectivity index (χ0v) is 11.0. The van der Waals surface area contributed by atoms with Crippen LogP contribution in [-0.4, -0.2) is 29.2 Å². The van der Waals surface area contributed by atoms with Crippen LogP contribution in [0.5, 0.6) is 0 Å². The maximum absolute atomic E-state index is 12.1. The zero-order chi connectivity index (χ0) is 14.0. The van der Waals surface area contributed by atoms with Crippen LogP contribution in [0, 0.1) is 0 Å². The van der Waals surface area contributed by atoms with Gasteiger partial charge in [0.2, 0.25) is 5.91 Å². The van der Waals surface area contributed by atoms with Crippen LogP contribution in [0.2, 0.25) is 0 Å². The molecule has 0 aromatic heterocycles. The summed E-state index contributed by atoms with van der Waals surface area (Å²) in [7, 11) is 0. The van der Waals surface area contributed by atoms with Gasteiger partial charge in [0.25, 0.3) is 11.8 Å². The molecule has 0 spiro atoms. The molecule has 1 aromatic rings. The van der Waals surface area contributed by atoms with Gasteiger partial charge in [0.15, 0.2) is 0 Å². The molecule has 0 unspecified atom stereocenters. The van der Waals surface area contributed by atoms with E-state index >= 15 is 0 Å². The SMILES string of the molecule is CCCCN1C(=O)c2ccc(NC(C)=O)cc2C1=O. The van der Waals surface area contributed by atoms with Gasteiger partial charge in [0.1, 0.15) is 0 Å². The molecule has 3 amide bonds. The van der Waals surface area contributed by atoms with Crippen molar-refractivity contribution in [3.8, 4) is 0 Å². The molecule has 0 radical (unpaired) electrons. The van der Waals surface area contributed by atoms with Crippen molar-refractivity contribution in [1.29, 1.82) is 0 Å². The van der Waals surface area contributed by atoms with Gasteiger partial charge in [-0.05, 0) is 24.6 Å². The van der Waals surface area contributed by atoms with Gasteiger partial charge >= 0.3 is 0 Å². The second-order valence-electron chi connectivity index (χ2n) is 4.56. The van der Waals surface area contributed by atoms with Crippen molar-refractivity contribution in [2.75, 3.05) is 11.9 Å². The number of benzene rings is 1. The first-order valence-corrected chi connectivity index (χ1v) is 6.32. The van der Waals surface area contributed by atoms with Crippen molar-refractivity contribution in [2.45, 2.75) is 26.7 Å². The summed E-state index contributed by atoms with van der Waals surface area (Å²) in [5.41, 5.74) is 1.31. The Morgan fingerprint density at radius 1 is 1.21 bits per heavy atom. The molecule has 0 saturated carbocycles. The van der Waals surface area contributed by atoms with E-state index in [0.717, 1.165) is 12.8 Å². The van der Waals surface area contributed by atoms with Gasteiger partial charge in [-0.3, -0.25) is 19.3 Å². The molecular formula is C14H16N2O3. The maximum Gasteiger partial charge on any atom is 0.261 e. The molecule has 0 atom stereocenters. The number of carbonyl (C=O) groups is 3. The lowest BCUT2D eigenvalue weighted by atomic mass is 10.1. The summed E-state index contributed by atoms with van der Waals surface area (Å²) in [6.45, 7) is 3.85. The molecule has 19 heavy (non-hydrogen) atoms. The Morgan fingerprint density at radius 2 is 1.89 bits per heavy atom. The highest BCUT2D eigenvalue weighted by Crippen LogP contribution is 2.26. The summed E-state index contributed by atoms with van der Waals surface area (Å²) in [5.74, 6) is -0.733.